The quantitative estimate of drug-likeness (QED) is 0.401. The zero-order valence-electron chi connectivity index (χ0n) is 16.6. The van der Waals surface area contributed by atoms with Crippen LogP contribution in [0.15, 0.2) is 23.2 Å². The Bertz CT molecular complexity index is 584. The van der Waals surface area contributed by atoms with Crippen LogP contribution in [0.1, 0.15) is 38.7 Å². The third-order valence-electron chi connectivity index (χ3n) is 4.60. The third kappa shape index (κ3) is 6.09. The first kappa shape index (κ1) is 20.4. The van der Waals surface area contributed by atoms with Crippen molar-refractivity contribution in [3.63, 3.8) is 0 Å². The van der Waals surface area contributed by atoms with Gasteiger partial charge >= 0.3 is 0 Å². The van der Waals surface area contributed by atoms with Gasteiger partial charge in [-0.05, 0) is 57.2 Å². The van der Waals surface area contributed by atoms with Gasteiger partial charge in [-0.3, -0.25) is 4.99 Å². The second-order valence-corrected chi connectivity index (χ2v) is 6.82. The summed E-state index contributed by atoms with van der Waals surface area (Å²) in [6.07, 6.45) is 4.18. The molecule has 1 aliphatic rings. The maximum Gasteiger partial charge on any atom is 0.191 e. The van der Waals surface area contributed by atoms with Crippen molar-refractivity contribution in [3.05, 3.63) is 23.8 Å². The summed E-state index contributed by atoms with van der Waals surface area (Å²) < 4.78 is 16.5. The molecule has 1 saturated heterocycles. The minimum Gasteiger partial charge on any atom is -0.493 e. The van der Waals surface area contributed by atoms with Crippen LogP contribution in [0.3, 0.4) is 0 Å². The Labute approximate surface area is 157 Å². The molecular weight excluding hydrogens is 330 g/mol. The van der Waals surface area contributed by atoms with Crippen LogP contribution < -0.4 is 20.1 Å². The molecule has 1 fully saturated rings. The molecular formula is C20H33N3O3. The monoisotopic (exact) mass is 363 g/mol. The van der Waals surface area contributed by atoms with E-state index in [-0.39, 0.29) is 5.60 Å². The molecule has 1 atom stereocenters. The second-order valence-electron chi connectivity index (χ2n) is 6.82. The van der Waals surface area contributed by atoms with E-state index in [9.17, 15) is 0 Å². The van der Waals surface area contributed by atoms with Crippen molar-refractivity contribution in [2.45, 2.75) is 45.1 Å². The number of hydrogen-bond acceptors (Lipinski definition) is 4. The fraction of sp³-hybridized carbons (Fsp3) is 0.650. The van der Waals surface area contributed by atoms with Gasteiger partial charge in [0.2, 0.25) is 0 Å². The number of ether oxygens (including phenoxy) is 3. The molecule has 6 heteroatoms. The molecule has 26 heavy (non-hydrogen) atoms. The SMILES string of the molecule is CCNC(=NCC1(C)CCCO1)NCCCc1ccc(OC)c(OC)c1. The van der Waals surface area contributed by atoms with E-state index in [0.717, 1.165) is 62.8 Å². The lowest BCUT2D eigenvalue weighted by Gasteiger charge is -2.21. The first-order valence-corrected chi connectivity index (χ1v) is 9.47. The van der Waals surface area contributed by atoms with Crippen molar-refractivity contribution in [1.29, 1.82) is 0 Å². The zero-order chi connectivity index (χ0) is 18.8. The Kier molecular flexibility index (Phi) is 8.04. The van der Waals surface area contributed by atoms with E-state index in [4.69, 9.17) is 19.2 Å². The number of nitrogens with zero attached hydrogens (tertiary/aromatic N) is 1. The molecule has 1 aromatic rings. The highest BCUT2D eigenvalue weighted by Crippen LogP contribution is 2.28. The summed E-state index contributed by atoms with van der Waals surface area (Å²) in [6.45, 7) is 7.47. The summed E-state index contributed by atoms with van der Waals surface area (Å²) in [6, 6.07) is 6.07. The van der Waals surface area contributed by atoms with E-state index < -0.39 is 0 Å². The maximum atomic E-state index is 5.81. The number of rotatable bonds is 9. The summed E-state index contributed by atoms with van der Waals surface area (Å²) in [5.74, 6) is 2.40. The van der Waals surface area contributed by atoms with Crippen LogP contribution in [0, 0.1) is 0 Å². The normalized spacial score (nSPS) is 20.1. The molecule has 1 heterocycles. The fourth-order valence-corrected chi connectivity index (χ4v) is 3.09. The van der Waals surface area contributed by atoms with Gasteiger partial charge in [0.25, 0.3) is 0 Å². The minimum atomic E-state index is -0.109. The van der Waals surface area contributed by atoms with E-state index in [1.807, 2.05) is 12.1 Å². The van der Waals surface area contributed by atoms with Gasteiger partial charge < -0.3 is 24.8 Å². The molecule has 2 N–H and O–H groups in total. The smallest absolute Gasteiger partial charge is 0.191 e. The lowest BCUT2D eigenvalue weighted by molar-refractivity contribution is 0.0283. The minimum absolute atomic E-state index is 0.109. The van der Waals surface area contributed by atoms with E-state index in [2.05, 4.69) is 30.5 Å². The standard InChI is InChI=1S/C20H33N3O3/c1-5-21-19(23-15-20(2)11-7-13-26-20)22-12-6-8-16-9-10-17(24-3)18(14-16)25-4/h9-10,14H,5-8,11-13,15H2,1-4H3,(H2,21,22,23). The Morgan fingerprint density at radius 1 is 1.23 bits per heavy atom. The first-order valence-electron chi connectivity index (χ1n) is 9.47. The van der Waals surface area contributed by atoms with Gasteiger partial charge in [-0.15, -0.1) is 0 Å². The predicted molar refractivity (Wildman–Crippen MR) is 105 cm³/mol. The molecule has 6 nitrogen and oxygen atoms in total. The Morgan fingerprint density at radius 2 is 2.04 bits per heavy atom. The topological polar surface area (TPSA) is 64.1 Å². The number of hydrogen-bond donors (Lipinski definition) is 2. The predicted octanol–water partition coefficient (Wildman–Crippen LogP) is 2.76. The number of nitrogens with one attached hydrogen (secondary N) is 2. The highest BCUT2D eigenvalue weighted by molar-refractivity contribution is 5.79. The molecule has 1 unspecified atom stereocenters. The largest absolute Gasteiger partial charge is 0.493 e. The summed E-state index contributed by atoms with van der Waals surface area (Å²) in [5.41, 5.74) is 1.13. The summed E-state index contributed by atoms with van der Waals surface area (Å²) in [5, 5.41) is 6.71. The highest BCUT2D eigenvalue weighted by Gasteiger charge is 2.29. The van der Waals surface area contributed by atoms with Crippen molar-refractivity contribution >= 4 is 5.96 Å². The van der Waals surface area contributed by atoms with Gasteiger partial charge in [0.05, 0.1) is 26.4 Å². The highest BCUT2D eigenvalue weighted by atomic mass is 16.5. The molecule has 0 aliphatic carbocycles. The van der Waals surface area contributed by atoms with Crippen molar-refractivity contribution in [3.8, 4) is 11.5 Å². The van der Waals surface area contributed by atoms with E-state index in [1.165, 1.54) is 5.56 Å². The molecule has 1 aliphatic heterocycles. The van der Waals surface area contributed by atoms with Crippen molar-refractivity contribution < 1.29 is 14.2 Å². The van der Waals surface area contributed by atoms with Crippen LogP contribution >= 0.6 is 0 Å². The molecule has 0 saturated carbocycles. The fourth-order valence-electron chi connectivity index (χ4n) is 3.09. The molecule has 0 radical (unpaired) electrons. The van der Waals surface area contributed by atoms with Gasteiger partial charge in [-0.2, -0.15) is 0 Å². The Hall–Kier alpha value is -1.95. The maximum absolute atomic E-state index is 5.81. The van der Waals surface area contributed by atoms with Crippen molar-refractivity contribution in [2.75, 3.05) is 40.5 Å². The number of aliphatic imine (C=N–C) groups is 1. The molecule has 0 aromatic heterocycles. The lowest BCUT2D eigenvalue weighted by atomic mass is 10.0. The number of benzene rings is 1. The molecule has 146 valence electrons. The lowest BCUT2D eigenvalue weighted by Crippen LogP contribution is -2.39. The molecule has 0 amide bonds. The molecule has 1 aromatic carbocycles. The van der Waals surface area contributed by atoms with E-state index in [1.54, 1.807) is 14.2 Å². The average Bonchev–Trinajstić information content (AvgIpc) is 3.09. The van der Waals surface area contributed by atoms with E-state index >= 15 is 0 Å². The van der Waals surface area contributed by atoms with E-state index in [0.29, 0.717) is 6.54 Å². The van der Waals surface area contributed by atoms with Crippen LogP contribution in [0.4, 0.5) is 0 Å². The number of methoxy groups -OCH3 is 2. The van der Waals surface area contributed by atoms with Crippen LogP contribution in [0.5, 0.6) is 11.5 Å². The second kappa shape index (κ2) is 10.3. The Morgan fingerprint density at radius 3 is 2.69 bits per heavy atom. The summed E-state index contributed by atoms with van der Waals surface area (Å²) in [4.78, 5) is 4.69. The molecule has 0 spiro atoms. The molecule has 2 rings (SSSR count). The molecule has 0 bridgehead atoms. The van der Waals surface area contributed by atoms with Crippen molar-refractivity contribution in [1.82, 2.24) is 10.6 Å². The number of guanidine groups is 1. The van der Waals surface area contributed by atoms with Crippen LogP contribution in [-0.2, 0) is 11.2 Å². The summed E-state index contributed by atoms with van der Waals surface area (Å²) >= 11 is 0. The van der Waals surface area contributed by atoms with Crippen molar-refractivity contribution in [2.24, 2.45) is 4.99 Å². The van der Waals surface area contributed by atoms with Crippen LogP contribution in [-0.4, -0.2) is 52.0 Å². The third-order valence-corrected chi connectivity index (χ3v) is 4.60. The average molecular weight is 364 g/mol. The van der Waals surface area contributed by atoms with Gasteiger partial charge in [-0.25, -0.2) is 0 Å². The zero-order valence-corrected chi connectivity index (χ0v) is 16.6. The van der Waals surface area contributed by atoms with Gasteiger partial charge in [0.15, 0.2) is 17.5 Å². The Balaban J connectivity index is 1.80. The van der Waals surface area contributed by atoms with Gasteiger partial charge in [-0.1, -0.05) is 6.07 Å². The van der Waals surface area contributed by atoms with Crippen LogP contribution in [0.2, 0.25) is 0 Å². The summed E-state index contributed by atoms with van der Waals surface area (Å²) in [7, 11) is 3.32. The van der Waals surface area contributed by atoms with Crippen LogP contribution in [0.25, 0.3) is 0 Å². The number of aryl methyl sites for hydroxylation is 1. The first-order chi connectivity index (χ1) is 12.6. The van der Waals surface area contributed by atoms with Gasteiger partial charge in [0.1, 0.15) is 0 Å². The van der Waals surface area contributed by atoms with Gasteiger partial charge in [0, 0.05) is 19.7 Å².